The summed E-state index contributed by atoms with van der Waals surface area (Å²) in [5.74, 6) is -0.183. The van der Waals surface area contributed by atoms with Crippen molar-refractivity contribution in [3.63, 3.8) is 0 Å². The number of rotatable bonds is 5. The van der Waals surface area contributed by atoms with Crippen LogP contribution in [0.3, 0.4) is 0 Å². The molecule has 0 amide bonds. The van der Waals surface area contributed by atoms with E-state index in [1.165, 1.54) is 0 Å². The number of hydrogen-bond donors (Lipinski definition) is 2. The number of nitrogens with one attached hydrogen (secondary N) is 1. The fourth-order valence-corrected chi connectivity index (χ4v) is 0.820. The molecule has 0 radical (unpaired) electrons. The molecule has 78 valence electrons. The topological polar surface area (TPSA) is 49.3 Å². The Balaban J connectivity index is 3.49. The molecule has 2 N–H and O–H groups in total. The predicted octanol–water partition coefficient (Wildman–Crippen LogP) is 1.73. The molecule has 13 heavy (non-hydrogen) atoms. The van der Waals surface area contributed by atoms with Crippen LogP contribution < -0.4 is 5.32 Å². The van der Waals surface area contributed by atoms with Gasteiger partial charge in [-0.3, -0.25) is 4.79 Å². The van der Waals surface area contributed by atoms with Crippen LogP contribution >= 0.6 is 0 Å². The molecule has 0 fully saturated rings. The molecule has 1 unspecified atom stereocenters. The largest absolute Gasteiger partial charge is 0.481 e. The van der Waals surface area contributed by atoms with E-state index in [9.17, 15) is 4.79 Å². The molecular weight excluding hydrogens is 166 g/mol. The number of hydrogen-bond acceptors (Lipinski definition) is 2. The first-order valence-electron chi connectivity index (χ1n) is 4.76. The third-order valence-corrected chi connectivity index (χ3v) is 2.44. The Morgan fingerprint density at radius 1 is 1.46 bits per heavy atom. The van der Waals surface area contributed by atoms with Gasteiger partial charge in [0.2, 0.25) is 0 Å². The molecule has 0 aromatic rings. The Hall–Kier alpha value is -0.570. The van der Waals surface area contributed by atoms with Gasteiger partial charge in [-0.05, 0) is 17.9 Å². The van der Waals surface area contributed by atoms with Crippen LogP contribution in [-0.4, -0.2) is 24.2 Å². The first-order valence-corrected chi connectivity index (χ1v) is 4.76. The molecule has 0 saturated heterocycles. The van der Waals surface area contributed by atoms with Crippen molar-refractivity contribution in [2.75, 3.05) is 13.1 Å². The minimum absolute atomic E-state index is 0.205. The SMILES string of the molecule is CC(CNCCC(=O)O)C(C)(C)C. The molecule has 0 aromatic carbocycles. The van der Waals surface area contributed by atoms with Crippen LogP contribution in [0, 0.1) is 11.3 Å². The van der Waals surface area contributed by atoms with Gasteiger partial charge in [-0.1, -0.05) is 27.7 Å². The van der Waals surface area contributed by atoms with Gasteiger partial charge in [-0.2, -0.15) is 0 Å². The third-order valence-electron chi connectivity index (χ3n) is 2.44. The molecule has 0 aromatic heterocycles. The summed E-state index contributed by atoms with van der Waals surface area (Å²) in [5.41, 5.74) is 0.288. The highest BCUT2D eigenvalue weighted by atomic mass is 16.4. The Morgan fingerprint density at radius 2 is 2.00 bits per heavy atom. The average Bonchev–Trinajstić information content (AvgIpc) is 1.95. The molecule has 0 bridgehead atoms. The number of carboxylic acids is 1. The first kappa shape index (κ1) is 12.4. The maximum atomic E-state index is 10.2. The zero-order valence-corrected chi connectivity index (χ0v) is 9.05. The van der Waals surface area contributed by atoms with Crippen LogP contribution in [0.25, 0.3) is 0 Å². The number of carbonyl (C=O) groups is 1. The summed E-state index contributed by atoms with van der Waals surface area (Å²) in [6, 6.07) is 0. The Kier molecular flexibility index (Phi) is 4.99. The van der Waals surface area contributed by atoms with Crippen molar-refractivity contribution >= 4 is 5.97 Å². The third kappa shape index (κ3) is 6.58. The highest BCUT2D eigenvalue weighted by Gasteiger charge is 2.18. The van der Waals surface area contributed by atoms with E-state index in [1.54, 1.807) is 0 Å². The fraction of sp³-hybridized carbons (Fsp3) is 0.900. The molecule has 0 aliphatic rings. The van der Waals surface area contributed by atoms with E-state index >= 15 is 0 Å². The highest BCUT2D eigenvalue weighted by molar-refractivity contribution is 5.66. The van der Waals surface area contributed by atoms with Crippen LogP contribution in [0.2, 0.25) is 0 Å². The van der Waals surface area contributed by atoms with Crippen molar-refractivity contribution in [3.05, 3.63) is 0 Å². The second-order valence-electron chi connectivity index (χ2n) is 4.61. The molecule has 0 saturated carbocycles. The Labute approximate surface area is 80.5 Å². The van der Waals surface area contributed by atoms with Gasteiger partial charge in [0.05, 0.1) is 6.42 Å². The zero-order valence-electron chi connectivity index (χ0n) is 9.05. The molecule has 0 aliphatic heterocycles. The molecule has 1 atom stereocenters. The van der Waals surface area contributed by atoms with Crippen molar-refractivity contribution in [1.29, 1.82) is 0 Å². The van der Waals surface area contributed by atoms with Gasteiger partial charge in [0.1, 0.15) is 0 Å². The summed E-state index contributed by atoms with van der Waals surface area (Å²) in [6.07, 6.45) is 0.205. The molecule has 3 heteroatoms. The second kappa shape index (κ2) is 5.22. The van der Waals surface area contributed by atoms with E-state index in [0.29, 0.717) is 12.5 Å². The van der Waals surface area contributed by atoms with Gasteiger partial charge in [0, 0.05) is 6.54 Å². The normalized spacial score (nSPS) is 14.2. The molecular formula is C10H21NO2. The number of aliphatic carboxylic acids is 1. The highest BCUT2D eigenvalue weighted by Crippen LogP contribution is 2.24. The summed E-state index contributed by atoms with van der Waals surface area (Å²) in [7, 11) is 0. The standard InChI is InChI=1S/C10H21NO2/c1-8(10(2,3)4)7-11-6-5-9(12)13/h8,11H,5-7H2,1-4H3,(H,12,13). The van der Waals surface area contributed by atoms with Gasteiger partial charge in [0.25, 0.3) is 0 Å². The lowest BCUT2D eigenvalue weighted by atomic mass is 9.82. The van der Waals surface area contributed by atoms with Gasteiger partial charge in [0.15, 0.2) is 0 Å². The summed E-state index contributed by atoms with van der Waals surface area (Å²) in [6.45, 7) is 10.2. The van der Waals surface area contributed by atoms with Crippen LogP contribution in [-0.2, 0) is 4.79 Å². The fourth-order valence-electron chi connectivity index (χ4n) is 0.820. The van der Waals surface area contributed by atoms with E-state index < -0.39 is 5.97 Å². The summed E-state index contributed by atoms with van der Waals surface area (Å²) < 4.78 is 0. The number of carboxylic acid groups (broad SMARTS) is 1. The maximum absolute atomic E-state index is 10.2. The van der Waals surface area contributed by atoms with E-state index in [0.717, 1.165) is 6.54 Å². The van der Waals surface area contributed by atoms with Crippen molar-refractivity contribution in [2.45, 2.75) is 34.1 Å². The van der Waals surface area contributed by atoms with E-state index in [2.05, 4.69) is 33.0 Å². The van der Waals surface area contributed by atoms with Gasteiger partial charge in [-0.25, -0.2) is 0 Å². The minimum Gasteiger partial charge on any atom is -0.481 e. The zero-order chi connectivity index (χ0) is 10.5. The maximum Gasteiger partial charge on any atom is 0.304 e. The Morgan fingerprint density at radius 3 is 2.38 bits per heavy atom. The molecule has 0 aliphatic carbocycles. The van der Waals surface area contributed by atoms with E-state index in [-0.39, 0.29) is 11.8 Å². The van der Waals surface area contributed by atoms with E-state index in [1.807, 2.05) is 0 Å². The van der Waals surface area contributed by atoms with Crippen molar-refractivity contribution in [1.82, 2.24) is 5.32 Å². The summed E-state index contributed by atoms with van der Waals surface area (Å²) >= 11 is 0. The van der Waals surface area contributed by atoms with Crippen molar-refractivity contribution in [2.24, 2.45) is 11.3 Å². The van der Waals surface area contributed by atoms with Gasteiger partial charge in [-0.15, -0.1) is 0 Å². The predicted molar refractivity (Wildman–Crippen MR) is 53.7 cm³/mol. The molecule has 0 rings (SSSR count). The van der Waals surface area contributed by atoms with Crippen LogP contribution in [0.1, 0.15) is 34.1 Å². The Bertz CT molecular complexity index is 161. The lowest BCUT2D eigenvalue weighted by Gasteiger charge is -2.27. The molecule has 3 nitrogen and oxygen atoms in total. The lowest BCUT2D eigenvalue weighted by Crippen LogP contribution is -2.30. The van der Waals surface area contributed by atoms with E-state index in [4.69, 9.17) is 5.11 Å². The van der Waals surface area contributed by atoms with Crippen molar-refractivity contribution in [3.8, 4) is 0 Å². The smallest absolute Gasteiger partial charge is 0.304 e. The summed E-state index contributed by atoms with van der Waals surface area (Å²) in [5, 5.41) is 11.5. The molecule has 0 spiro atoms. The quantitative estimate of drug-likeness (QED) is 0.644. The molecule has 0 heterocycles. The van der Waals surface area contributed by atoms with Crippen LogP contribution in [0.5, 0.6) is 0 Å². The van der Waals surface area contributed by atoms with Crippen LogP contribution in [0.15, 0.2) is 0 Å². The first-order chi connectivity index (χ1) is 5.84. The monoisotopic (exact) mass is 187 g/mol. The minimum atomic E-state index is -0.740. The lowest BCUT2D eigenvalue weighted by molar-refractivity contribution is -0.136. The summed E-state index contributed by atoms with van der Waals surface area (Å²) in [4.78, 5) is 10.2. The van der Waals surface area contributed by atoms with Crippen LogP contribution in [0.4, 0.5) is 0 Å². The van der Waals surface area contributed by atoms with Gasteiger partial charge >= 0.3 is 5.97 Å². The van der Waals surface area contributed by atoms with Gasteiger partial charge < -0.3 is 10.4 Å². The second-order valence-corrected chi connectivity index (χ2v) is 4.61. The van der Waals surface area contributed by atoms with Crippen molar-refractivity contribution < 1.29 is 9.90 Å². The average molecular weight is 187 g/mol.